The summed E-state index contributed by atoms with van der Waals surface area (Å²) in [6.07, 6.45) is 1.63. The van der Waals surface area contributed by atoms with E-state index in [-0.39, 0.29) is 0 Å². The van der Waals surface area contributed by atoms with Gasteiger partial charge in [0, 0.05) is 0 Å². The maximum Gasteiger partial charge on any atom is 0.0905 e. The summed E-state index contributed by atoms with van der Waals surface area (Å²) >= 11 is 0. The molecule has 0 aromatic heterocycles. The second-order valence-electron chi connectivity index (χ2n) is 2.47. The van der Waals surface area contributed by atoms with E-state index in [0.717, 1.165) is 6.42 Å². The Morgan fingerprint density at radius 1 is 1.50 bits per heavy atom. The molecule has 0 saturated heterocycles. The Morgan fingerprint density at radius 2 is 2.00 bits per heavy atom. The van der Waals surface area contributed by atoms with Gasteiger partial charge in [-0.05, 0) is 26.2 Å². The molecule has 47 valence electrons. The third-order valence-corrected chi connectivity index (χ3v) is 1.84. The van der Waals surface area contributed by atoms with Crippen LogP contribution in [-0.2, 0) is 0 Å². The van der Waals surface area contributed by atoms with E-state index < -0.39 is 11.7 Å². The van der Waals surface area contributed by atoms with Gasteiger partial charge in [0.25, 0.3) is 0 Å². The molecule has 1 fully saturated rings. The first kappa shape index (κ1) is 6.05. The summed E-state index contributed by atoms with van der Waals surface area (Å²) in [6, 6.07) is 0. The largest absolute Gasteiger partial charge is 0.390 e. The van der Waals surface area contributed by atoms with Crippen molar-refractivity contribution in [1.82, 2.24) is 0 Å². The van der Waals surface area contributed by atoms with Crippen molar-refractivity contribution in [3.63, 3.8) is 0 Å². The number of rotatable bonds is 1. The molecule has 0 aliphatic heterocycles. The summed E-state index contributed by atoms with van der Waals surface area (Å²) in [6.45, 7) is 3.34. The third-order valence-electron chi connectivity index (χ3n) is 1.84. The highest BCUT2D eigenvalue weighted by Gasteiger charge is 2.38. The van der Waals surface area contributed by atoms with Gasteiger partial charge in [-0.3, -0.25) is 0 Å². The Morgan fingerprint density at radius 3 is 2.00 bits per heavy atom. The number of hydrogen-bond donors (Lipinski definition) is 2. The van der Waals surface area contributed by atoms with E-state index in [1.54, 1.807) is 0 Å². The molecule has 1 aliphatic carbocycles. The Hall–Kier alpha value is -0.0800. The van der Waals surface area contributed by atoms with Crippen LogP contribution in [0, 0.1) is 6.92 Å². The lowest BCUT2D eigenvalue weighted by atomic mass is 9.77. The van der Waals surface area contributed by atoms with Crippen molar-refractivity contribution in [3.8, 4) is 0 Å². The van der Waals surface area contributed by atoms with Crippen LogP contribution >= 0.6 is 0 Å². The van der Waals surface area contributed by atoms with Gasteiger partial charge >= 0.3 is 0 Å². The minimum atomic E-state index is -0.833. The fourth-order valence-electron chi connectivity index (χ4n) is 0.872. The van der Waals surface area contributed by atoms with Crippen LogP contribution in [0.5, 0.6) is 0 Å². The maximum absolute atomic E-state index is 9.17. The molecule has 0 aromatic carbocycles. The SMILES string of the molecule is [CH2]C(O)C1(O)CCC1. The van der Waals surface area contributed by atoms with Crippen molar-refractivity contribution in [2.75, 3.05) is 0 Å². The molecule has 8 heavy (non-hydrogen) atoms. The molecule has 1 radical (unpaired) electrons. The van der Waals surface area contributed by atoms with Gasteiger partial charge < -0.3 is 10.2 Å². The van der Waals surface area contributed by atoms with Crippen LogP contribution in [-0.4, -0.2) is 21.9 Å². The first-order valence-electron chi connectivity index (χ1n) is 2.89. The van der Waals surface area contributed by atoms with Crippen molar-refractivity contribution in [2.45, 2.75) is 31.0 Å². The van der Waals surface area contributed by atoms with Gasteiger partial charge in [-0.15, -0.1) is 0 Å². The topological polar surface area (TPSA) is 40.5 Å². The van der Waals surface area contributed by atoms with Crippen LogP contribution in [0.15, 0.2) is 0 Å². The van der Waals surface area contributed by atoms with E-state index in [2.05, 4.69) is 6.92 Å². The zero-order chi connectivity index (χ0) is 6.20. The first-order chi connectivity index (χ1) is 3.65. The van der Waals surface area contributed by atoms with Crippen molar-refractivity contribution in [3.05, 3.63) is 6.92 Å². The van der Waals surface area contributed by atoms with Crippen LogP contribution < -0.4 is 0 Å². The summed E-state index contributed by atoms with van der Waals surface area (Å²) in [4.78, 5) is 0. The van der Waals surface area contributed by atoms with Gasteiger partial charge in [-0.2, -0.15) is 0 Å². The number of hydrogen-bond acceptors (Lipinski definition) is 2. The number of aliphatic hydroxyl groups excluding tert-OH is 1. The summed E-state index contributed by atoms with van der Waals surface area (Å²) in [5.41, 5.74) is -0.833. The Balaban J connectivity index is 2.41. The highest BCUT2D eigenvalue weighted by molar-refractivity contribution is 4.94. The zero-order valence-corrected chi connectivity index (χ0v) is 4.80. The molecule has 0 bridgehead atoms. The van der Waals surface area contributed by atoms with Crippen molar-refractivity contribution in [1.29, 1.82) is 0 Å². The Kier molecular flexibility index (Phi) is 1.29. The molecule has 1 unspecified atom stereocenters. The van der Waals surface area contributed by atoms with E-state index in [4.69, 9.17) is 5.11 Å². The lowest BCUT2D eigenvalue weighted by Gasteiger charge is -2.38. The molecule has 0 spiro atoms. The molecule has 0 heterocycles. The van der Waals surface area contributed by atoms with E-state index in [9.17, 15) is 5.11 Å². The van der Waals surface area contributed by atoms with Crippen LogP contribution in [0.3, 0.4) is 0 Å². The molecule has 0 aromatic rings. The molecular weight excluding hydrogens is 104 g/mol. The van der Waals surface area contributed by atoms with E-state index in [1.165, 1.54) is 0 Å². The Bertz CT molecular complexity index is 84.5. The van der Waals surface area contributed by atoms with E-state index >= 15 is 0 Å². The fraction of sp³-hybridized carbons (Fsp3) is 0.833. The number of aliphatic hydroxyl groups is 2. The normalized spacial score (nSPS) is 28.9. The van der Waals surface area contributed by atoms with Crippen LogP contribution in [0.4, 0.5) is 0 Å². The van der Waals surface area contributed by atoms with E-state index in [0.29, 0.717) is 12.8 Å². The molecule has 1 aliphatic rings. The predicted octanol–water partition coefficient (Wildman–Crippen LogP) is 0.0964. The maximum atomic E-state index is 9.17. The summed E-state index contributed by atoms with van der Waals surface area (Å²) in [5, 5.41) is 17.9. The van der Waals surface area contributed by atoms with Crippen molar-refractivity contribution in [2.24, 2.45) is 0 Å². The average Bonchev–Trinajstić information content (AvgIpc) is 1.60. The molecule has 2 heteroatoms. The summed E-state index contributed by atoms with van der Waals surface area (Å²) in [7, 11) is 0. The highest BCUT2D eigenvalue weighted by Crippen LogP contribution is 2.34. The smallest absolute Gasteiger partial charge is 0.0905 e. The standard InChI is InChI=1S/C6H11O2/c1-5(7)6(8)3-2-4-6/h5,7-8H,1-4H2. The second kappa shape index (κ2) is 1.71. The summed E-state index contributed by atoms with van der Waals surface area (Å²) in [5.74, 6) is 0. The molecular formula is C6H11O2. The zero-order valence-electron chi connectivity index (χ0n) is 4.80. The molecule has 2 N–H and O–H groups in total. The van der Waals surface area contributed by atoms with Crippen molar-refractivity contribution < 1.29 is 10.2 Å². The molecule has 2 nitrogen and oxygen atoms in total. The minimum absolute atomic E-state index is 0.706. The van der Waals surface area contributed by atoms with Gasteiger partial charge in [-0.1, -0.05) is 0 Å². The monoisotopic (exact) mass is 115 g/mol. The predicted molar refractivity (Wildman–Crippen MR) is 30.2 cm³/mol. The molecule has 1 atom stereocenters. The second-order valence-corrected chi connectivity index (χ2v) is 2.47. The van der Waals surface area contributed by atoms with Gasteiger partial charge in [0.05, 0.1) is 11.7 Å². The molecule has 0 amide bonds. The minimum Gasteiger partial charge on any atom is -0.390 e. The van der Waals surface area contributed by atoms with Gasteiger partial charge in [-0.25, -0.2) is 0 Å². The lowest BCUT2D eigenvalue weighted by Crippen LogP contribution is -2.46. The van der Waals surface area contributed by atoms with Crippen LogP contribution in [0.2, 0.25) is 0 Å². The molecule has 1 saturated carbocycles. The Labute approximate surface area is 49.1 Å². The van der Waals surface area contributed by atoms with Crippen LogP contribution in [0.25, 0.3) is 0 Å². The quantitative estimate of drug-likeness (QED) is 0.508. The first-order valence-corrected chi connectivity index (χ1v) is 2.89. The van der Waals surface area contributed by atoms with Crippen LogP contribution in [0.1, 0.15) is 19.3 Å². The fourth-order valence-corrected chi connectivity index (χ4v) is 0.872. The third kappa shape index (κ3) is 0.740. The molecule has 1 rings (SSSR count). The average molecular weight is 115 g/mol. The van der Waals surface area contributed by atoms with Gasteiger partial charge in [0.2, 0.25) is 0 Å². The lowest BCUT2D eigenvalue weighted by molar-refractivity contribution is -0.107. The van der Waals surface area contributed by atoms with Gasteiger partial charge in [0.15, 0.2) is 0 Å². The highest BCUT2D eigenvalue weighted by atomic mass is 16.3. The van der Waals surface area contributed by atoms with E-state index in [1.807, 2.05) is 0 Å². The van der Waals surface area contributed by atoms with Gasteiger partial charge in [0.1, 0.15) is 0 Å². The summed E-state index contributed by atoms with van der Waals surface area (Å²) < 4.78 is 0. The van der Waals surface area contributed by atoms with Crippen molar-refractivity contribution >= 4 is 0 Å².